The molecule has 0 aliphatic rings. The predicted octanol–water partition coefficient (Wildman–Crippen LogP) is 3.24. The van der Waals surface area contributed by atoms with E-state index >= 15 is 0 Å². The molecule has 1 amide bonds. The summed E-state index contributed by atoms with van der Waals surface area (Å²) in [6.07, 6.45) is 0. The average Bonchev–Trinajstić information content (AvgIpc) is 2.52. The second kappa shape index (κ2) is 5.38. The van der Waals surface area contributed by atoms with Crippen LogP contribution in [0.5, 0.6) is 5.88 Å². The van der Waals surface area contributed by atoms with Gasteiger partial charge >= 0.3 is 0 Å². The summed E-state index contributed by atoms with van der Waals surface area (Å²) < 4.78 is 0. The highest BCUT2D eigenvalue weighted by molar-refractivity contribution is 6.34. The molecule has 3 rings (SSSR count). The van der Waals surface area contributed by atoms with Gasteiger partial charge in [0.1, 0.15) is 0 Å². The molecule has 5 nitrogen and oxygen atoms in total. The summed E-state index contributed by atoms with van der Waals surface area (Å²) in [6, 6.07) is 13.9. The van der Waals surface area contributed by atoms with E-state index in [9.17, 15) is 9.90 Å². The number of amides is 1. The van der Waals surface area contributed by atoms with Crippen LogP contribution in [0.25, 0.3) is 10.8 Å². The first kappa shape index (κ1) is 13.3. The molecule has 0 unspecified atom stereocenters. The van der Waals surface area contributed by atoms with E-state index in [1.54, 1.807) is 24.3 Å². The number of nitrogens with zero attached hydrogens (tertiary/aromatic N) is 2. The molecule has 0 bridgehead atoms. The maximum absolute atomic E-state index is 12.2. The summed E-state index contributed by atoms with van der Waals surface area (Å²) in [5.74, 6) is -0.542. The van der Waals surface area contributed by atoms with Crippen molar-refractivity contribution in [3.8, 4) is 5.88 Å². The number of benzene rings is 2. The van der Waals surface area contributed by atoms with Gasteiger partial charge in [-0.1, -0.05) is 35.9 Å². The molecular weight excluding hydrogens is 290 g/mol. The summed E-state index contributed by atoms with van der Waals surface area (Å²) >= 11 is 5.91. The summed E-state index contributed by atoms with van der Waals surface area (Å²) in [7, 11) is 0. The Labute approximate surface area is 125 Å². The molecule has 0 atom stereocenters. The minimum absolute atomic E-state index is 0.179. The van der Waals surface area contributed by atoms with Crippen molar-refractivity contribution in [2.75, 3.05) is 5.32 Å². The Morgan fingerprint density at radius 2 is 1.81 bits per heavy atom. The Morgan fingerprint density at radius 3 is 2.57 bits per heavy atom. The van der Waals surface area contributed by atoms with Gasteiger partial charge < -0.3 is 10.4 Å². The van der Waals surface area contributed by atoms with Crippen molar-refractivity contribution in [3.05, 3.63) is 59.2 Å². The van der Waals surface area contributed by atoms with Crippen LogP contribution in [0, 0.1) is 0 Å². The Morgan fingerprint density at radius 1 is 1.05 bits per heavy atom. The highest BCUT2D eigenvalue weighted by Gasteiger charge is 2.11. The van der Waals surface area contributed by atoms with Crippen molar-refractivity contribution >= 4 is 34.0 Å². The van der Waals surface area contributed by atoms with Crippen molar-refractivity contribution < 1.29 is 9.90 Å². The second-order valence-corrected chi connectivity index (χ2v) is 4.75. The lowest BCUT2D eigenvalue weighted by molar-refractivity contribution is 0.102. The normalized spacial score (nSPS) is 10.5. The number of hydrogen-bond acceptors (Lipinski definition) is 4. The van der Waals surface area contributed by atoms with E-state index in [2.05, 4.69) is 15.5 Å². The van der Waals surface area contributed by atoms with Crippen LogP contribution < -0.4 is 5.32 Å². The van der Waals surface area contributed by atoms with Gasteiger partial charge in [0.25, 0.3) is 5.91 Å². The molecule has 0 fully saturated rings. The molecule has 0 spiro atoms. The number of fused-ring (bicyclic) bond motifs is 1. The largest absolute Gasteiger partial charge is 0.492 e. The van der Waals surface area contributed by atoms with Crippen molar-refractivity contribution in [2.45, 2.75) is 0 Å². The fraction of sp³-hybridized carbons (Fsp3) is 0. The topological polar surface area (TPSA) is 75.1 Å². The van der Waals surface area contributed by atoms with Gasteiger partial charge in [-0.05, 0) is 24.3 Å². The van der Waals surface area contributed by atoms with Crippen LogP contribution in [-0.4, -0.2) is 21.2 Å². The van der Waals surface area contributed by atoms with Crippen molar-refractivity contribution in [3.63, 3.8) is 0 Å². The van der Waals surface area contributed by atoms with Crippen LogP contribution >= 0.6 is 11.6 Å². The Kier molecular flexibility index (Phi) is 3.41. The molecule has 2 N–H and O–H groups in total. The van der Waals surface area contributed by atoms with Gasteiger partial charge in [-0.2, -0.15) is 0 Å². The Hall–Kier alpha value is -2.66. The lowest BCUT2D eigenvalue weighted by Crippen LogP contribution is -2.11. The smallest absolute Gasteiger partial charge is 0.255 e. The number of nitrogens with one attached hydrogen (secondary N) is 1. The molecule has 6 heteroatoms. The molecule has 2 aromatic carbocycles. The summed E-state index contributed by atoms with van der Waals surface area (Å²) in [6.45, 7) is 0. The highest BCUT2D eigenvalue weighted by Crippen LogP contribution is 2.27. The van der Waals surface area contributed by atoms with E-state index in [0.717, 1.165) is 0 Å². The number of carbonyl (C=O) groups excluding carboxylic acids is 1. The van der Waals surface area contributed by atoms with Gasteiger partial charge in [-0.15, -0.1) is 10.2 Å². The SMILES string of the molecule is O=C(Nc1ccccc1)c1ccc2c(Cl)nnc(O)c2c1. The Balaban J connectivity index is 1.98. The van der Waals surface area contributed by atoms with Gasteiger partial charge in [0.15, 0.2) is 5.15 Å². The number of carbonyl (C=O) groups is 1. The molecule has 104 valence electrons. The third-order valence-electron chi connectivity index (χ3n) is 3.01. The van der Waals surface area contributed by atoms with Crippen LogP contribution in [0.15, 0.2) is 48.5 Å². The zero-order valence-electron chi connectivity index (χ0n) is 10.7. The number of para-hydroxylation sites is 1. The van der Waals surface area contributed by atoms with Gasteiger partial charge in [0.2, 0.25) is 5.88 Å². The molecule has 21 heavy (non-hydrogen) atoms. The fourth-order valence-corrected chi connectivity index (χ4v) is 2.18. The minimum atomic E-state index is -0.282. The van der Waals surface area contributed by atoms with Crippen molar-refractivity contribution in [1.29, 1.82) is 0 Å². The quantitative estimate of drug-likeness (QED) is 0.761. The number of anilines is 1. The molecule has 0 aliphatic carbocycles. The summed E-state index contributed by atoms with van der Waals surface area (Å²) in [5.41, 5.74) is 1.09. The van der Waals surface area contributed by atoms with Gasteiger partial charge in [-0.25, -0.2) is 0 Å². The van der Waals surface area contributed by atoms with Crippen LogP contribution in [0.1, 0.15) is 10.4 Å². The van der Waals surface area contributed by atoms with Crippen LogP contribution in [0.3, 0.4) is 0 Å². The number of halogens is 1. The third-order valence-corrected chi connectivity index (χ3v) is 3.29. The monoisotopic (exact) mass is 299 g/mol. The molecule has 1 heterocycles. The summed E-state index contributed by atoms with van der Waals surface area (Å²) in [4.78, 5) is 12.2. The molecule has 0 saturated heterocycles. The lowest BCUT2D eigenvalue weighted by atomic mass is 10.1. The molecule has 1 aromatic heterocycles. The first-order valence-corrected chi connectivity index (χ1v) is 6.54. The zero-order chi connectivity index (χ0) is 14.8. The highest BCUT2D eigenvalue weighted by atomic mass is 35.5. The number of hydrogen-bond donors (Lipinski definition) is 2. The van der Waals surface area contributed by atoms with Crippen LogP contribution in [-0.2, 0) is 0 Å². The lowest BCUT2D eigenvalue weighted by Gasteiger charge is -2.07. The molecule has 0 aliphatic heterocycles. The maximum atomic E-state index is 12.2. The van der Waals surface area contributed by atoms with E-state index in [1.807, 2.05) is 18.2 Å². The van der Waals surface area contributed by atoms with Gasteiger partial charge in [0, 0.05) is 22.0 Å². The van der Waals surface area contributed by atoms with Gasteiger partial charge in [-0.3, -0.25) is 4.79 Å². The van der Waals surface area contributed by atoms with Crippen molar-refractivity contribution in [1.82, 2.24) is 10.2 Å². The van der Waals surface area contributed by atoms with E-state index in [1.165, 1.54) is 6.07 Å². The van der Waals surface area contributed by atoms with E-state index < -0.39 is 0 Å². The third kappa shape index (κ3) is 2.64. The minimum Gasteiger partial charge on any atom is -0.492 e. The van der Waals surface area contributed by atoms with Crippen LogP contribution in [0.2, 0.25) is 5.15 Å². The molecular formula is C15H10ClN3O2. The predicted molar refractivity (Wildman–Crippen MR) is 80.6 cm³/mol. The van der Waals surface area contributed by atoms with Crippen LogP contribution in [0.4, 0.5) is 5.69 Å². The number of aromatic hydroxyl groups is 1. The average molecular weight is 300 g/mol. The molecule has 0 saturated carbocycles. The maximum Gasteiger partial charge on any atom is 0.255 e. The zero-order valence-corrected chi connectivity index (χ0v) is 11.5. The van der Waals surface area contributed by atoms with Crippen molar-refractivity contribution in [2.24, 2.45) is 0 Å². The van der Waals surface area contributed by atoms with Gasteiger partial charge in [0.05, 0.1) is 0 Å². The molecule has 0 radical (unpaired) electrons. The fourth-order valence-electron chi connectivity index (χ4n) is 1.97. The first-order chi connectivity index (χ1) is 10.1. The number of rotatable bonds is 2. The second-order valence-electron chi connectivity index (χ2n) is 4.39. The Bertz CT molecular complexity index is 822. The van der Waals surface area contributed by atoms with E-state index in [-0.39, 0.29) is 16.9 Å². The van der Waals surface area contributed by atoms with E-state index in [0.29, 0.717) is 22.0 Å². The first-order valence-electron chi connectivity index (χ1n) is 6.16. The van der Waals surface area contributed by atoms with E-state index in [4.69, 9.17) is 11.6 Å². The molecule has 3 aromatic rings. The summed E-state index contributed by atoms with van der Waals surface area (Å²) in [5, 5.41) is 20.7. The standard InChI is InChI=1S/C15H10ClN3O2/c16-13-11-7-6-9(8-12(11)15(21)19-18-13)14(20)17-10-4-2-1-3-5-10/h1-8H,(H,17,20)(H,19,21). The number of aromatic nitrogens is 2.